The van der Waals surface area contributed by atoms with Crippen LogP contribution in [-0.4, -0.2) is 12.6 Å². The van der Waals surface area contributed by atoms with Gasteiger partial charge in [0.15, 0.2) is 0 Å². The lowest BCUT2D eigenvalue weighted by molar-refractivity contribution is 0.244. The summed E-state index contributed by atoms with van der Waals surface area (Å²) in [5.41, 5.74) is 0. The van der Waals surface area contributed by atoms with E-state index >= 15 is 0 Å². The molecule has 0 saturated carbocycles. The van der Waals surface area contributed by atoms with Crippen LogP contribution in [-0.2, 0) is 0 Å². The summed E-state index contributed by atoms with van der Waals surface area (Å²) in [6.45, 7) is 0.757. The Labute approximate surface area is 85.6 Å². The first-order chi connectivity index (χ1) is 6.89. The molecule has 0 unspecified atom stereocenters. The third-order valence-electron chi connectivity index (χ3n) is 2.28. The number of carbonyl (C=O) groups excluding carboxylic acids is 1. The second-order valence-corrected chi connectivity index (χ2v) is 3.55. The van der Waals surface area contributed by atoms with E-state index in [0.717, 1.165) is 25.8 Å². The predicted octanol–water partition coefficient (Wildman–Crippen LogP) is 1.99. The normalized spacial score (nSPS) is 19.9. The average molecular weight is 194 g/mol. The number of urea groups is 1. The van der Waals surface area contributed by atoms with Crippen molar-refractivity contribution in [1.29, 1.82) is 0 Å². The molecule has 3 heteroatoms. The lowest BCUT2D eigenvalue weighted by Gasteiger charge is -2.02. The second-order valence-electron chi connectivity index (χ2n) is 3.55. The van der Waals surface area contributed by atoms with Gasteiger partial charge in [-0.05, 0) is 12.8 Å². The largest absolute Gasteiger partial charge is 0.337 e. The fourth-order valence-electron chi connectivity index (χ4n) is 1.46. The molecule has 0 atom stereocenters. The van der Waals surface area contributed by atoms with E-state index in [0.29, 0.717) is 0 Å². The van der Waals surface area contributed by atoms with Crippen LogP contribution < -0.4 is 10.6 Å². The van der Waals surface area contributed by atoms with Crippen molar-refractivity contribution < 1.29 is 4.79 Å². The highest BCUT2D eigenvalue weighted by Crippen LogP contribution is 2.06. The van der Waals surface area contributed by atoms with Gasteiger partial charge in [0.1, 0.15) is 0 Å². The van der Waals surface area contributed by atoms with Gasteiger partial charge in [-0.1, -0.05) is 31.6 Å². The van der Waals surface area contributed by atoms with E-state index in [1.54, 1.807) is 0 Å². The fraction of sp³-hybridized carbons (Fsp3) is 0.727. The Morgan fingerprint density at radius 2 is 1.71 bits per heavy atom. The Balaban J connectivity index is 2.27. The van der Waals surface area contributed by atoms with Crippen molar-refractivity contribution in [3.63, 3.8) is 0 Å². The Kier molecular flexibility index (Phi) is 5.65. The van der Waals surface area contributed by atoms with Crippen LogP contribution in [0.5, 0.6) is 0 Å². The monoisotopic (exact) mass is 194 g/mol. The molecule has 0 spiro atoms. The van der Waals surface area contributed by atoms with Crippen LogP contribution >= 0.6 is 0 Å². The number of nitrogens with one attached hydrogen (secondary N) is 2. The standard InChI is InChI=1S/C11H18N2O/c14-11-12-9-7-5-3-1-2-4-6-8-10-13-11/h1-7,9H2,(H2,12,13,14). The summed E-state index contributed by atoms with van der Waals surface area (Å²) in [4.78, 5) is 11.1. The van der Waals surface area contributed by atoms with Gasteiger partial charge in [0.2, 0.25) is 0 Å². The van der Waals surface area contributed by atoms with E-state index in [1.165, 1.54) is 25.7 Å². The highest BCUT2D eigenvalue weighted by Gasteiger charge is 1.97. The van der Waals surface area contributed by atoms with Crippen molar-refractivity contribution in [3.8, 4) is 12.0 Å². The molecule has 1 aliphatic rings. The molecule has 2 amide bonds. The van der Waals surface area contributed by atoms with Crippen LogP contribution in [0.3, 0.4) is 0 Å². The minimum absolute atomic E-state index is 0.170. The Bertz CT molecular complexity index is 227. The summed E-state index contributed by atoms with van der Waals surface area (Å²) in [5, 5.41) is 5.28. The predicted molar refractivity (Wildman–Crippen MR) is 56.6 cm³/mol. The molecule has 0 aromatic rings. The first-order valence-corrected chi connectivity index (χ1v) is 5.41. The molecule has 78 valence electrons. The minimum Gasteiger partial charge on any atom is -0.337 e. The third-order valence-corrected chi connectivity index (χ3v) is 2.28. The molecule has 3 nitrogen and oxygen atoms in total. The number of hydrogen-bond acceptors (Lipinski definition) is 1. The molecule has 0 aromatic carbocycles. The van der Waals surface area contributed by atoms with E-state index in [1.807, 2.05) is 0 Å². The van der Waals surface area contributed by atoms with Crippen LogP contribution in [0, 0.1) is 12.0 Å². The van der Waals surface area contributed by atoms with Crippen LogP contribution in [0.25, 0.3) is 0 Å². The summed E-state index contributed by atoms with van der Waals surface area (Å²) < 4.78 is 0. The quantitative estimate of drug-likeness (QED) is 0.569. The highest BCUT2D eigenvalue weighted by molar-refractivity contribution is 5.75. The first kappa shape index (κ1) is 10.9. The van der Waals surface area contributed by atoms with Gasteiger partial charge in [-0.2, -0.15) is 0 Å². The zero-order valence-corrected chi connectivity index (χ0v) is 8.57. The van der Waals surface area contributed by atoms with Crippen molar-refractivity contribution in [1.82, 2.24) is 10.6 Å². The molecular weight excluding hydrogens is 176 g/mol. The summed E-state index contributed by atoms with van der Waals surface area (Å²) in [7, 11) is 0. The third kappa shape index (κ3) is 5.47. The first-order valence-electron chi connectivity index (χ1n) is 5.41. The lowest BCUT2D eigenvalue weighted by Crippen LogP contribution is -2.33. The van der Waals surface area contributed by atoms with E-state index in [-0.39, 0.29) is 6.03 Å². The van der Waals surface area contributed by atoms with Gasteiger partial charge in [0, 0.05) is 19.0 Å². The van der Waals surface area contributed by atoms with E-state index in [2.05, 4.69) is 22.6 Å². The molecule has 0 fully saturated rings. The molecular formula is C11H18N2O. The fourth-order valence-corrected chi connectivity index (χ4v) is 1.46. The summed E-state index contributed by atoms with van der Waals surface area (Å²) in [6.07, 6.45) is 8.15. The van der Waals surface area contributed by atoms with Crippen molar-refractivity contribution in [2.24, 2.45) is 0 Å². The molecule has 0 aromatic heterocycles. The van der Waals surface area contributed by atoms with Gasteiger partial charge in [0.05, 0.1) is 0 Å². The van der Waals surface area contributed by atoms with E-state index in [4.69, 9.17) is 0 Å². The maximum Gasteiger partial charge on any atom is 0.326 e. The SMILES string of the molecule is O=C1NC#CCCCCCCCCN1. The van der Waals surface area contributed by atoms with Gasteiger partial charge in [-0.15, -0.1) is 0 Å². The zero-order chi connectivity index (χ0) is 10.1. The summed E-state index contributed by atoms with van der Waals surface area (Å²) in [5.74, 6) is 2.93. The second kappa shape index (κ2) is 7.25. The Morgan fingerprint density at radius 1 is 1.00 bits per heavy atom. The molecule has 1 aliphatic heterocycles. The average Bonchev–Trinajstić information content (AvgIpc) is 2.20. The zero-order valence-electron chi connectivity index (χ0n) is 8.57. The summed E-state index contributed by atoms with van der Waals surface area (Å²) in [6, 6.07) is 2.49. The number of rotatable bonds is 0. The van der Waals surface area contributed by atoms with Gasteiger partial charge >= 0.3 is 6.03 Å². The maximum atomic E-state index is 11.1. The summed E-state index contributed by atoms with van der Waals surface area (Å²) >= 11 is 0. The van der Waals surface area contributed by atoms with Crippen molar-refractivity contribution in [2.45, 2.75) is 44.9 Å². The van der Waals surface area contributed by atoms with E-state index in [9.17, 15) is 4.79 Å². The van der Waals surface area contributed by atoms with Crippen LogP contribution in [0.4, 0.5) is 4.79 Å². The minimum atomic E-state index is -0.170. The lowest BCUT2D eigenvalue weighted by atomic mass is 10.1. The topological polar surface area (TPSA) is 41.1 Å². The highest BCUT2D eigenvalue weighted by atomic mass is 16.2. The van der Waals surface area contributed by atoms with Crippen molar-refractivity contribution >= 4 is 6.03 Å². The van der Waals surface area contributed by atoms with Crippen molar-refractivity contribution in [3.05, 3.63) is 0 Å². The Morgan fingerprint density at radius 3 is 2.57 bits per heavy atom. The van der Waals surface area contributed by atoms with Gasteiger partial charge in [0.25, 0.3) is 0 Å². The maximum absolute atomic E-state index is 11.1. The molecule has 1 rings (SSSR count). The molecule has 0 radical (unpaired) electrons. The molecule has 2 N–H and O–H groups in total. The molecule has 1 heterocycles. The van der Waals surface area contributed by atoms with Crippen LogP contribution in [0.1, 0.15) is 44.9 Å². The van der Waals surface area contributed by atoms with Crippen LogP contribution in [0.2, 0.25) is 0 Å². The van der Waals surface area contributed by atoms with Gasteiger partial charge in [-0.3, -0.25) is 5.32 Å². The van der Waals surface area contributed by atoms with Gasteiger partial charge in [-0.25, -0.2) is 4.79 Å². The molecule has 0 aliphatic carbocycles. The smallest absolute Gasteiger partial charge is 0.326 e. The number of amides is 2. The van der Waals surface area contributed by atoms with Crippen molar-refractivity contribution in [2.75, 3.05) is 6.54 Å². The number of carbonyl (C=O) groups is 1. The number of hydrogen-bond donors (Lipinski definition) is 2. The molecule has 14 heavy (non-hydrogen) atoms. The van der Waals surface area contributed by atoms with Crippen LogP contribution in [0.15, 0.2) is 0 Å². The Hall–Kier alpha value is -1.17. The van der Waals surface area contributed by atoms with Gasteiger partial charge < -0.3 is 5.32 Å². The van der Waals surface area contributed by atoms with E-state index < -0.39 is 0 Å². The molecule has 0 saturated heterocycles. The molecule has 0 bridgehead atoms.